The van der Waals surface area contributed by atoms with E-state index in [0.717, 1.165) is 88.1 Å². The Bertz CT molecular complexity index is 2210. The number of fused-ring (bicyclic) bond motifs is 2. The average molecular weight is 872 g/mol. The van der Waals surface area contributed by atoms with Crippen LogP contribution >= 0.6 is 0 Å². The quantitative estimate of drug-likeness (QED) is 0.0927. The molecule has 16 heteroatoms. The zero-order valence-corrected chi connectivity index (χ0v) is 37.0. The van der Waals surface area contributed by atoms with Gasteiger partial charge in [0.2, 0.25) is 5.91 Å². The molecule has 342 valence electrons. The zero-order valence-electron chi connectivity index (χ0n) is 37.0. The van der Waals surface area contributed by atoms with E-state index in [1.807, 2.05) is 27.6 Å². The molecule has 8 rings (SSSR count). The average Bonchev–Trinajstić information content (AvgIpc) is 3.86. The van der Waals surface area contributed by atoms with Gasteiger partial charge in [-0.2, -0.15) is 5.10 Å². The molecule has 0 N–H and O–H groups in total. The minimum atomic E-state index is -0.593. The van der Waals surface area contributed by atoms with Crippen LogP contribution in [0, 0.1) is 5.92 Å². The number of amides is 1. The highest BCUT2D eigenvalue weighted by molar-refractivity contribution is 6.03. The molecule has 2 saturated carbocycles. The van der Waals surface area contributed by atoms with Crippen molar-refractivity contribution in [2.45, 2.75) is 95.1 Å². The molecule has 0 spiro atoms. The van der Waals surface area contributed by atoms with Crippen molar-refractivity contribution in [2.75, 3.05) is 92.2 Å². The van der Waals surface area contributed by atoms with Crippen LogP contribution in [-0.2, 0) is 58.0 Å². The third-order valence-corrected chi connectivity index (χ3v) is 13.7. The van der Waals surface area contributed by atoms with E-state index in [1.165, 1.54) is 42.5 Å². The second kappa shape index (κ2) is 22.0. The maximum atomic E-state index is 13.2. The van der Waals surface area contributed by atoms with E-state index in [2.05, 4.69) is 22.3 Å². The number of para-hydroxylation sites is 1. The van der Waals surface area contributed by atoms with Crippen molar-refractivity contribution in [1.29, 1.82) is 0 Å². The van der Waals surface area contributed by atoms with E-state index < -0.39 is 6.04 Å². The highest BCUT2D eigenvalue weighted by Crippen LogP contribution is 2.35. The Kier molecular flexibility index (Phi) is 15.8. The normalized spacial score (nSPS) is 21.9. The number of benzene rings is 1. The number of ketones is 2. The fourth-order valence-electron chi connectivity index (χ4n) is 10.3. The number of nitrogens with zero attached hydrogens (tertiary/aromatic N) is 7. The number of ether oxygens (including phenoxy) is 5. The topological polar surface area (TPSA) is 161 Å². The first kappa shape index (κ1) is 45.3. The lowest BCUT2D eigenvalue weighted by Crippen LogP contribution is -2.53. The van der Waals surface area contributed by atoms with Gasteiger partial charge < -0.3 is 28.6 Å². The van der Waals surface area contributed by atoms with Gasteiger partial charge in [-0.3, -0.25) is 28.4 Å². The van der Waals surface area contributed by atoms with E-state index in [-0.39, 0.29) is 36.2 Å². The first-order chi connectivity index (χ1) is 30.9. The first-order valence-electron chi connectivity index (χ1n) is 23.3. The molecule has 63 heavy (non-hydrogen) atoms. The molecule has 1 aromatic carbocycles. The van der Waals surface area contributed by atoms with Crippen LogP contribution in [0.3, 0.4) is 0 Å². The summed E-state index contributed by atoms with van der Waals surface area (Å²) in [7, 11) is 1.73. The zero-order chi connectivity index (χ0) is 43.5. The molecule has 2 aliphatic carbocycles. The Labute approximate surface area is 369 Å². The molecule has 2 saturated heterocycles. The van der Waals surface area contributed by atoms with Crippen molar-refractivity contribution >= 4 is 34.0 Å². The molecule has 5 heterocycles. The maximum Gasteiger partial charge on any atom is 0.329 e. The van der Waals surface area contributed by atoms with Crippen molar-refractivity contribution in [3.8, 4) is 0 Å². The van der Waals surface area contributed by atoms with E-state index >= 15 is 0 Å². The molecule has 16 nitrogen and oxygen atoms in total. The molecule has 1 amide bonds. The van der Waals surface area contributed by atoms with Crippen molar-refractivity contribution in [1.82, 2.24) is 33.5 Å². The first-order valence-corrected chi connectivity index (χ1v) is 23.3. The van der Waals surface area contributed by atoms with Gasteiger partial charge in [-0.1, -0.05) is 12.1 Å². The lowest BCUT2D eigenvalue weighted by molar-refractivity contribution is -0.139. The summed E-state index contributed by atoms with van der Waals surface area (Å²) >= 11 is 0. The SMILES string of the molecule is Cn1c(=O)n(C2CCC(=O)CC2=O)c2cccc(CCCOCCOCCOCCOCC(=O)N3CCN(C4CCC(Cc5ncnn6ccc(C7CCOCC7)c56)CC4)CC3)c21. The van der Waals surface area contributed by atoms with Crippen molar-refractivity contribution in [3.05, 3.63) is 64.1 Å². The van der Waals surface area contributed by atoms with Crippen molar-refractivity contribution < 1.29 is 38.1 Å². The third-order valence-electron chi connectivity index (χ3n) is 13.7. The summed E-state index contributed by atoms with van der Waals surface area (Å²) in [5.41, 5.74) is 6.12. The molecule has 1 unspecified atom stereocenters. The highest BCUT2D eigenvalue weighted by atomic mass is 16.6. The fourth-order valence-corrected chi connectivity index (χ4v) is 10.3. The van der Waals surface area contributed by atoms with Crippen molar-refractivity contribution in [2.24, 2.45) is 13.0 Å². The number of carbonyl (C=O) groups is 3. The van der Waals surface area contributed by atoms with Gasteiger partial charge in [0.05, 0.1) is 74.3 Å². The van der Waals surface area contributed by atoms with Gasteiger partial charge in [-0.05, 0) is 99.3 Å². The van der Waals surface area contributed by atoms with Gasteiger partial charge >= 0.3 is 5.69 Å². The number of rotatable bonds is 20. The molecular formula is C47H65N7O9. The molecule has 0 radical (unpaired) electrons. The number of carbonyl (C=O) groups excluding carboxylic acids is 3. The fraction of sp³-hybridized carbons (Fsp3) is 0.660. The number of hydrogen-bond donors (Lipinski definition) is 0. The molecule has 3 aromatic heterocycles. The minimum absolute atomic E-state index is 0.0390. The summed E-state index contributed by atoms with van der Waals surface area (Å²) in [4.78, 5) is 59.8. The van der Waals surface area contributed by atoms with Gasteiger partial charge in [-0.25, -0.2) is 14.3 Å². The number of hydrogen-bond acceptors (Lipinski definition) is 12. The number of aryl methyl sites for hydroxylation is 2. The Morgan fingerprint density at radius 2 is 1.52 bits per heavy atom. The van der Waals surface area contributed by atoms with E-state index in [0.29, 0.717) is 77.0 Å². The molecule has 1 atom stereocenters. The molecule has 2 aliphatic heterocycles. The molecule has 4 fully saturated rings. The predicted molar refractivity (Wildman–Crippen MR) is 235 cm³/mol. The second-order valence-corrected chi connectivity index (χ2v) is 17.7. The number of piperazine rings is 1. The van der Waals surface area contributed by atoms with Gasteiger partial charge in [0.1, 0.15) is 18.7 Å². The Morgan fingerprint density at radius 1 is 0.810 bits per heavy atom. The predicted octanol–water partition coefficient (Wildman–Crippen LogP) is 4.08. The Morgan fingerprint density at radius 3 is 2.25 bits per heavy atom. The summed E-state index contributed by atoms with van der Waals surface area (Å²) in [6, 6.07) is 8.01. The van der Waals surface area contributed by atoms with Gasteiger partial charge in [-0.15, -0.1) is 0 Å². The van der Waals surface area contributed by atoms with Crippen LogP contribution in [0.5, 0.6) is 0 Å². The molecule has 4 aliphatic rings. The van der Waals surface area contributed by atoms with Gasteiger partial charge in [0.25, 0.3) is 0 Å². The third kappa shape index (κ3) is 11.1. The maximum absolute atomic E-state index is 13.2. The monoisotopic (exact) mass is 871 g/mol. The summed E-state index contributed by atoms with van der Waals surface area (Å²) in [5.74, 6) is 0.938. The molecule has 4 aromatic rings. The van der Waals surface area contributed by atoms with E-state index in [9.17, 15) is 19.2 Å². The smallest absolute Gasteiger partial charge is 0.329 e. The lowest BCUT2D eigenvalue weighted by atomic mass is 9.82. The largest absolute Gasteiger partial charge is 0.381 e. The minimum Gasteiger partial charge on any atom is -0.381 e. The number of aromatic nitrogens is 5. The van der Waals surface area contributed by atoms with Crippen LogP contribution in [0.2, 0.25) is 0 Å². The summed E-state index contributed by atoms with van der Waals surface area (Å²) in [6.07, 6.45) is 13.8. The van der Waals surface area contributed by atoms with Crippen LogP contribution < -0.4 is 5.69 Å². The Hall–Kier alpha value is -4.32. The van der Waals surface area contributed by atoms with Crippen LogP contribution in [0.1, 0.15) is 93.0 Å². The number of Topliss-reactive ketones (excluding diaryl/α,β-unsaturated/α-hetero) is 2. The van der Waals surface area contributed by atoms with Crippen LogP contribution in [0.25, 0.3) is 16.6 Å². The number of imidazole rings is 1. The van der Waals surface area contributed by atoms with Crippen molar-refractivity contribution in [3.63, 3.8) is 0 Å². The standard InChI is InChI=1S/C47H65N7O9/c1-50-45-36(4-2-6-42(45)54(47(50)58)41-12-11-38(55)31-43(41)56)5-3-21-59-24-25-61-26-27-62-28-29-63-32-44(57)52-19-17-51(18-20-52)37-9-7-34(8-10-37)30-40-46-39(35-14-22-60-23-15-35)13-16-53(46)49-33-48-40/h2,4,6,13,16,33-35,37,41H,3,5,7-12,14-15,17-32H2,1H3. The van der Waals surface area contributed by atoms with Crippen LogP contribution in [0.15, 0.2) is 41.6 Å². The Balaban J connectivity index is 0.635. The van der Waals surface area contributed by atoms with E-state index in [1.54, 1.807) is 22.5 Å². The summed E-state index contributed by atoms with van der Waals surface area (Å²) in [5, 5.41) is 4.52. The van der Waals surface area contributed by atoms with Crippen LogP contribution in [-0.4, -0.2) is 149 Å². The van der Waals surface area contributed by atoms with Crippen LogP contribution in [0.4, 0.5) is 0 Å². The summed E-state index contributed by atoms with van der Waals surface area (Å²) in [6.45, 7) is 8.11. The van der Waals surface area contributed by atoms with E-state index in [4.69, 9.17) is 28.7 Å². The van der Waals surface area contributed by atoms with Gasteiger partial charge in [0, 0.05) is 71.7 Å². The highest BCUT2D eigenvalue weighted by Gasteiger charge is 2.33. The second-order valence-electron chi connectivity index (χ2n) is 17.7. The summed E-state index contributed by atoms with van der Waals surface area (Å²) < 4.78 is 33.5. The van der Waals surface area contributed by atoms with Gasteiger partial charge in [0.15, 0.2) is 5.78 Å². The molecular weight excluding hydrogens is 807 g/mol. The molecule has 0 bridgehead atoms. The lowest BCUT2D eigenvalue weighted by Gasteiger charge is -2.42.